The summed E-state index contributed by atoms with van der Waals surface area (Å²) in [6.07, 6.45) is -1.76. The van der Waals surface area contributed by atoms with Gasteiger partial charge in [-0.25, -0.2) is 4.39 Å². The number of carbonyl (C=O) groups is 1. The van der Waals surface area contributed by atoms with Gasteiger partial charge in [0, 0.05) is 12.7 Å². The Bertz CT molecular complexity index is 325. The van der Waals surface area contributed by atoms with Crippen molar-refractivity contribution in [3.63, 3.8) is 0 Å². The Kier molecular flexibility index (Phi) is 3.59. The zero-order chi connectivity index (χ0) is 10.6. The summed E-state index contributed by atoms with van der Waals surface area (Å²) >= 11 is 0. The Morgan fingerprint density at radius 3 is 2.79 bits per heavy atom. The molecule has 0 saturated carbocycles. The second kappa shape index (κ2) is 4.72. The third kappa shape index (κ3) is 2.53. The first-order valence-corrected chi connectivity index (χ1v) is 4.11. The highest BCUT2D eigenvalue weighted by molar-refractivity contribution is 5.70. The highest BCUT2D eigenvalue weighted by Crippen LogP contribution is 2.22. The van der Waals surface area contributed by atoms with Crippen molar-refractivity contribution in [2.75, 3.05) is 7.11 Å². The van der Waals surface area contributed by atoms with Crippen LogP contribution in [0.3, 0.4) is 0 Å². The van der Waals surface area contributed by atoms with Crippen LogP contribution in [0.1, 0.15) is 17.5 Å². The number of ether oxygens (including phenoxy) is 1. The number of halogens is 1. The molecule has 1 aromatic carbocycles. The molecule has 76 valence electrons. The first kappa shape index (κ1) is 10.7. The van der Waals surface area contributed by atoms with Crippen molar-refractivity contribution in [3.05, 3.63) is 35.4 Å². The maximum atomic E-state index is 13.2. The smallest absolute Gasteiger partial charge is 0.307 e. The normalized spacial score (nSPS) is 12.4. The van der Waals surface area contributed by atoms with Crippen molar-refractivity contribution >= 4 is 5.97 Å². The van der Waals surface area contributed by atoms with Gasteiger partial charge in [0.1, 0.15) is 0 Å². The Morgan fingerprint density at radius 2 is 2.21 bits per heavy atom. The fourth-order valence-corrected chi connectivity index (χ4v) is 1.21. The molecule has 3 nitrogen and oxygen atoms in total. The molecule has 1 atom stereocenters. The molecule has 1 unspecified atom stereocenters. The molecule has 0 aliphatic rings. The summed E-state index contributed by atoms with van der Waals surface area (Å²) in [5.41, 5.74) is 0.715. The van der Waals surface area contributed by atoms with E-state index in [4.69, 9.17) is 5.11 Å². The van der Waals surface area contributed by atoms with Crippen molar-refractivity contribution in [3.8, 4) is 0 Å². The molecule has 1 N–H and O–H groups in total. The van der Waals surface area contributed by atoms with Crippen LogP contribution in [0.25, 0.3) is 0 Å². The van der Waals surface area contributed by atoms with Crippen LogP contribution in [-0.2, 0) is 16.0 Å². The predicted octanol–water partition coefficient (Wildman–Crippen LogP) is 1.93. The van der Waals surface area contributed by atoms with Crippen LogP contribution in [0.15, 0.2) is 24.3 Å². The minimum Gasteiger partial charge on any atom is -0.481 e. The molecule has 1 rings (SSSR count). The predicted molar refractivity (Wildman–Crippen MR) is 48.6 cm³/mol. The number of hydrogen-bond donors (Lipinski definition) is 1. The molecular formula is C10H11FO3. The van der Waals surface area contributed by atoms with Gasteiger partial charge in [-0.15, -0.1) is 0 Å². The van der Waals surface area contributed by atoms with Crippen LogP contribution in [-0.4, -0.2) is 18.2 Å². The van der Waals surface area contributed by atoms with E-state index in [1.54, 1.807) is 18.2 Å². The summed E-state index contributed by atoms with van der Waals surface area (Å²) in [4.78, 5) is 10.5. The fraction of sp³-hybridized carbons (Fsp3) is 0.300. The van der Waals surface area contributed by atoms with Crippen LogP contribution in [0.5, 0.6) is 0 Å². The van der Waals surface area contributed by atoms with E-state index in [0.29, 0.717) is 5.56 Å². The van der Waals surface area contributed by atoms with Gasteiger partial charge in [-0.05, 0) is 5.56 Å². The lowest BCUT2D eigenvalue weighted by Crippen LogP contribution is -2.05. The van der Waals surface area contributed by atoms with Crippen molar-refractivity contribution < 1.29 is 19.0 Å². The summed E-state index contributed by atoms with van der Waals surface area (Å²) in [6.45, 7) is 0. The lowest BCUT2D eigenvalue weighted by Gasteiger charge is -2.10. The molecular weight excluding hydrogens is 187 g/mol. The molecule has 0 heterocycles. The molecule has 0 radical (unpaired) electrons. The number of hydrogen-bond acceptors (Lipinski definition) is 2. The molecule has 4 heteroatoms. The number of alkyl halides is 1. The van der Waals surface area contributed by atoms with Crippen LogP contribution in [0.2, 0.25) is 0 Å². The van der Waals surface area contributed by atoms with Crippen molar-refractivity contribution in [1.29, 1.82) is 0 Å². The molecule has 0 fully saturated rings. The molecule has 0 amide bonds. The Balaban J connectivity index is 2.96. The van der Waals surface area contributed by atoms with E-state index in [1.165, 1.54) is 13.2 Å². The zero-order valence-corrected chi connectivity index (χ0v) is 7.74. The molecule has 0 saturated heterocycles. The summed E-state index contributed by atoms with van der Waals surface area (Å²) in [6, 6.07) is 6.41. The SMILES string of the molecule is COC(F)c1ccccc1CC(=O)O. The average Bonchev–Trinajstić information content (AvgIpc) is 2.16. The Morgan fingerprint density at radius 1 is 1.57 bits per heavy atom. The van der Waals surface area contributed by atoms with Gasteiger partial charge >= 0.3 is 5.97 Å². The largest absolute Gasteiger partial charge is 0.481 e. The van der Waals surface area contributed by atoms with Crippen molar-refractivity contribution in [2.24, 2.45) is 0 Å². The number of rotatable bonds is 4. The van der Waals surface area contributed by atoms with Gasteiger partial charge < -0.3 is 9.84 Å². The van der Waals surface area contributed by atoms with E-state index in [2.05, 4.69) is 4.74 Å². The Hall–Kier alpha value is -1.42. The molecule has 1 aromatic rings. The van der Waals surface area contributed by atoms with Gasteiger partial charge in [0.15, 0.2) is 0 Å². The van der Waals surface area contributed by atoms with Gasteiger partial charge in [-0.3, -0.25) is 4.79 Å². The third-order valence-corrected chi connectivity index (χ3v) is 1.85. The van der Waals surface area contributed by atoms with Crippen LogP contribution in [0.4, 0.5) is 4.39 Å². The lowest BCUT2D eigenvalue weighted by atomic mass is 10.0. The summed E-state index contributed by atoms with van der Waals surface area (Å²) < 4.78 is 17.7. The number of carboxylic acid groups (broad SMARTS) is 1. The van der Waals surface area contributed by atoms with Crippen LogP contribution >= 0.6 is 0 Å². The third-order valence-electron chi connectivity index (χ3n) is 1.85. The van der Waals surface area contributed by atoms with Crippen molar-refractivity contribution in [1.82, 2.24) is 0 Å². The maximum Gasteiger partial charge on any atom is 0.307 e. The monoisotopic (exact) mass is 198 g/mol. The van der Waals surface area contributed by atoms with Crippen LogP contribution in [0, 0.1) is 0 Å². The zero-order valence-electron chi connectivity index (χ0n) is 7.74. The molecule has 0 aromatic heterocycles. The summed E-state index contributed by atoms with van der Waals surface area (Å²) in [7, 11) is 1.24. The highest BCUT2D eigenvalue weighted by atomic mass is 19.1. The van der Waals surface area contributed by atoms with Gasteiger partial charge in [0.05, 0.1) is 6.42 Å². The quantitative estimate of drug-likeness (QED) is 0.804. The van der Waals surface area contributed by atoms with E-state index >= 15 is 0 Å². The second-order valence-electron chi connectivity index (χ2n) is 2.82. The standard InChI is InChI=1S/C10H11FO3/c1-14-10(11)8-5-3-2-4-7(8)6-9(12)13/h2-5,10H,6H2,1H3,(H,12,13). The van der Waals surface area contributed by atoms with E-state index in [1.807, 2.05) is 0 Å². The molecule has 0 spiro atoms. The second-order valence-corrected chi connectivity index (χ2v) is 2.82. The molecule has 0 aliphatic heterocycles. The minimum atomic E-state index is -1.56. The Labute approximate surface area is 81.1 Å². The van der Waals surface area contributed by atoms with Gasteiger partial charge in [0.25, 0.3) is 0 Å². The highest BCUT2D eigenvalue weighted by Gasteiger charge is 2.14. The van der Waals surface area contributed by atoms with E-state index in [9.17, 15) is 9.18 Å². The van der Waals surface area contributed by atoms with E-state index in [0.717, 1.165) is 0 Å². The molecule has 0 bridgehead atoms. The first-order chi connectivity index (χ1) is 6.65. The molecule has 0 aliphatic carbocycles. The summed E-state index contributed by atoms with van der Waals surface area (Å²) in [5.74, 6) is -0.985. The number of carboxylic acids is 1. The van der Waals surface area contributed by atoms with E-state index < -0.39 is 12.3 Å². The summed E-state index contributed by atoms with van der Waals surface area (Å²) in [5, 5.41) is 8.58. The van der Waals surface area contributed by atoms with Gasteiger partial charge in [-0.2, -0.15) is 0 Å². The lowest BCUT2D eigenvalue weighted by molar-refractivity contribution is -0.136. The fourth-order valence-electron chi connectivity index (χ4n) is 1.21. The number of methoxy groups -OCH3 is 1. The van der Waals surface area contributed by atoms with Crippen LogP contribution < -0.4 is 0 Å². The average molecular weight is 198 g/mol. The number of aliphatic carboxylic acids is 1. The van der Waals surface area contributed by atoms with Gasteiger partial charge in [0.2, 0.25) is 6.36 Å². The van der Waals surface area contributed by atoms with Gasteiger partial charge in [-0.1, -0.05) is 24.3 Å². The first-order valence-electron chi connectivity index (χ1n) is 4.11. The van der Waals surface area contributed by atoms with Crippen molar-refractivity contribution in [2.45, 2.75) is 12.8 Å². The number of benzene rings is 1. The minimum absolute atomic E-state index is 0.194. The van der Waals surface area contributed by atoms with E-state index in [-0.39, 0.29) is 12.0 Å². The molecule has 14 heavy (non-hydrogen) atoms. The maximum absolute atomic E-state index is 13.2. The topological polar surface area (TPSA) is 46.5 Å².